The van der Waals surface area contributed by atoms with Crippen molar-refractivity contribution < 1.29 is 14.0 Å². The van der Waals surface area contributed by atoms with Gasteiger partial charge in [0.15, 0.2) is 0 Å². The Morgan fingerprint density at radius 3 is 2.50 bits per heavy atom. The van der Waals surface area contributed by atoms with E-state index in [0.717, 1.165) is 5.39 Å². The minimum atomic E-state index is -0.608. The zero-order valence-electron chi connectivity index (χ0n) is 13.0. The number of hydrogen-bond donors (Lipinski definition) is 2. The first-order valence-corrected chi connectivity index (χ1v) is 7.43. The number of nitrogens with one attached hydrogen (secondary N) is 1. The number of nitrogens with two attached hydrogens (primary N) is 1. The number of halogens is 1. The Bertz CT molecular complexity index is 947. The second kappa shape index (κ2) is 6.25. The lowest BCUT2D eigenvalue weighted by atomic mass is 10.0. The van der Waals surface area contributed by atoms with Crippen LogP contribution < -0.4 is 11.2 Å². The van der Waals surface area contributed by atoms with Crippen molar-refractivity contribution in [1.82, 2.24) is 4.68 Å². The van der Waals surface area contributed by atoms with E-state index in [0.29, 0.717) is 11.1 Å². The smallest absolute Gasteiger partial charge is 0.252 e. The SMILES string of the molecule is Cc1c(C(=O)c2ccccc2F)n(NC(=O)CN)c2ccccc12. The summed E-state index contributed by atoms with van der Waals surface area (Å²) in [7, 11) is 0. The first kappa shape index (κ1) is 15.9. The molecule has 122 valence electrons. The highest BCUT2D eigenvalue weighted by atomic mass is 19.1. The Hall–Kier alpha value is -2.99. The van der Waals surface area contributed by atoms with Crippen LogP contribution in [0.4, 0.5) is 4.39 Å². The Morgan fingerprint density at radius 2 is 1.79 bits per heavy atom. The van der Waals surface area contributed by atoms with Gasteiger partial charge in [0.25, 0.3) is 5.91 Å². The first-order valence-electron chi connectivity index (χ1n) is 7.43. The van der Waals surface area contributed by atoms with Crippen molar-refractivity contribution in [2.75, 3.05) is 12.0 Å². The van der Waals surface area contributed by atoms with E-state index in [-0.39, 0.29) is 17.8 Å². The molecule has 0 saturated heterocycles. The van der Waals surface area contributed by atoms with Gasteiger partial charge in [-0.1, -0.05) is 30.3 Å². The molecule has 0 saturated carbocycles. The summed E-state index contributed by atoms with van der Waals surface area (Å²) in [5.74, 6) is -1.55. The molecule has 0 radical (unpaired) electrons. The summed E-state index contributed by atoms with van der Waals surface area (Å²) in [4.78, 5) is 24.7. The van der Waals surface area contributed by atoms with Gasteiger partial charge in [0.1, 0.15) is 11.5 Å². The fourth-order valence-corrected chi connectivity index (χ4v) is 2.73. The fraction of sp³-hybridized carbons (Fsp3) is 0.111. The number of nitrogens with zero attached hydrogens (tertiary/aromatic N) is 1. The molecule has 1 amide bonds. The fourth-order valence-electron chi connectivity index (χ4n) is 2.73. The van der Waals surface area contributed by atoms with E-state index in [1.807, 2.05) is 12.1 Å². The molecule has 0 atom stereocenters. The molecule has 1 aromatic heterocycles. The zero-order valence-corrected chi connectivity index (χ0v) is 13.0. The van der Waals surface area contributed by atoms with Crippen LogP contribution in [0.3, 0.4) is 0 Å². The van der Waals surface area contributed by atoms with Crippen LogP contribution in [0.15, 0.2) is 48.5 Å². The van der Waals surface area contributed by atoms with Crippen molar-refractivity contribution >= 4 is 22.6 Å². The van der Waals surface area contributed by atoms with Crippen LogP contribution in [-0.2, 0) is 4.79 Å². The Kier molecular flexibility index (Phi) is 4.14. The number of rotatable bonds is 4. The summed E-state index contributed by atoms with van der Waals surface area (Å²) in [5.41, 5.74) is 9.44. The van der Waals surface area contributed by atoms with E-state index in [1.54, 1.807) is 25.1 Å². The van der Waals surface area contributed by atoms with Gasteiger partial charge in [0, 0.05) is 5.39 Å². The third-order valence-electron chi connectivity index (χ3n) is 3.88. The summed E-state index contributed by atoms with van der Waals surface area (Å²) in [6.45, 7) is 1.54. The summed E-state index contributed by atoms with van der Waals surface area (Å²) in [5, 5.41) is 0.800. The van der Waals surface area contributed by atoms with E-state index in [1.165, 1.54) is 22.9 Å². The van der Waals surface area contributed by atoms with Gasteiger partial charge in [-0.2, -0.15) is 0 Å². The van der Waals surface area contributed by atoms with Crippen LogP contribution in [-0.4, -0.2) is 22.9 Å². The lowest BCUT2D eigenvalue weighted by Gasteiger charge is -2.12. The average molecular weight is 325 g/mol. The number of aromatic nitrogens is 1. The Labute approximate surface area is 137 Å². The van der Waals surface area contributed by atoms with Gasteiger partial charge in [-0.15, -0.1) is 0 Å². The lowest BCUT2D eigenvalue weighted by molar-refractivity contribution is -0.115. The van der Waals surface area contributed by atoms with Crippen LogP contribution in [0.5, 0.6) is 0 Å². The molecule has 6 heteroatoms. The van der Waals surface area contributed by atoms with Crippen LogP contribution in [0.1, 0.15) is 21.6 Å². The number of carbonyl (C=O) groups excluding carboxylic acids is 2. The van der Waals surface area contributed by atoms with Gasteiger partial charge >= 0.3 is 0 Å². The number of hydrogen-bond acceptors (Lipinski definition) is 3. The molecular weight excluding hydrogens is 309 g/mol. The first-order chi connectivity index (χ1) is 11.5. The van der Waals surface area contributed by atoms with E-state index in [4.69, 9.17) is 5.73 Å². The van der Waals surface area contributed by atoms with Crippen LogP contribution >= 0.6 is 0 Å². The largest absolute Gasteiger partial charge is 0.322 e. The van der Waals surface area contributed by atoms with Crippen LogP contribution in [0.2, 0.25) is 0 Å². The van der Waals surface area contributed by atoms with E-state index >= 15 is 0 Å². The number of amides is 1. The number of benzene rings is 2. The van der Waals surface area contributed by atoms with Crippen molar-refractivity contribution in [2.24, 2.45) is 5.73 Å². The molecule has 5 nitrogen and oxygen atoms in total. The molecule has 3 rings (SSSR count). The molecule has 1 heterocycles. The maximum Gasteiger partial charge on any atom is 0.252 e. The highest BCUT2D eigenvalue weighted by Gasteiger charge is 2.24. The minimum Gasteiger partial charge on any atom is -0.322 e. The highest BCUT2D eigenvalue weighted by Crippen LogP contribution is 2.27. The van der Waals surface area contributed by atoms with E-state index < -0.39 is 17.5 Å². The van der Waals surface area contributed by atoms with Crippen molar-refractivity contribution in [3.8, 4) is 0 Å². The molecule has 0 spiro atoms. The number of ketones is 1. The van der Waals surface area contributed by atoms with Crippen molar-refractivity contribution in [3.05, 3.63) is 71.2 Å². The zero-order chi connectivity index (χ0) is 17.3. The number of aryl methyl sites for hydroxylation is 1. The molecule has 0 aliphatic rings. The van der Waals surface area contributed by atoms with E-state index in [2.05, 4.69) is 5.43 Å². The van der Waals surface area contributed by atoms with Crippen molar-refractivity contribution in [2.45, 2.75) is 6.92 Å². The van der Waals surface area contributed by atoms with Gasteiger partial charge in [-0.25, -0.2) is 9.07 Å². The molecular formula is C18H16FN3O2. The molecule has 2 aromatic carbocycles. The van der Waals surface area contributed by atoms with Crippen LogP contribution in [0, 0.1) is 12.7 Å². The normalized spacial score (nSPS) is 10.8. The predicted molar refractivity (Wildman–Crippen MR) is 89.9 cm³/mol. The topological polar surface area (TPSA) is 77.1 Å². The summed E-state index contributed by atoms with van der Waals surface area (Å²) >= 11 is 0. The molecule has 0 fully saturated rings. The van der Waals surface area contributed by atoms with E-state index in [9.17, 15) is 14.0 Å². The maximum absolute atomic E-state index is 14.0. The Morgan fingerprint density at radius 1 is 1.12 bits per heavy atom. The molecule has 0 aliphatic carbocycles. The number of carbonyl (C=O) groups is 2. The maximum atomic E-state index is 14.0. The second-order valence-corrected chi connectivity index (χ2v) is 5.37. The lowest BCUT2D eigenvalue weighted by Crippen LogP contribution is -2.31. The van der Waals surface area contributed by atoms with Crippen molar-refractivity contribution in [1.29, 1.82) is 0 Å². The molecule has 0 bridgehead atoms. The standard InChI is InChI=1S/C18H16FN3O2/c1-11-12-6-3-5-9-15(12)22(21-16(23)10-20)17(11)18(24)13-7-2-4-8-14(13)19/h2-9H,10,20H2,1H3,(H,21,23). The van der Waals surface area contributed by atoms with Crippen molar-refractivity contribution in [3.63, 3.8) is 0 Å². The average Bonchev–Trinajstić information content (AvgIpc) is 2.87. The third-order valence-corrected chi connectivity index (χ3v) is 3.88. The monoisotopic (exact) mass is 325 g/mol. The van der Waals surface area contributed by atoms with Gasteiger partial charge in [-0.3, -0.25) is 15.0 Å². The number of fused-ring (bicyclic) bond motifs is 1. The van der Waals surface area contributed by atoms with Gasteiger partial charge < -0.3 is 5.73 Å². The molecule has 24 heavy (non-hydrogen) atoms. The van der Waals surface area contributed by atoms with Gasteiger partial charge in [0.05, 0.1) is 17.6 Å². The molecule has 3 aromatic rings. The van der Waals surface area contributed by atoms with Gasteiger partial charge in [-0.05, 0) is 30.7 Å². The number of para-hydroxylation sites is 1. The van der Waals surface area contributed by atoms with Crippen LogP contribution in [0.25, 0.3) is 10.9 Å². The summed E-state index contributed by atoms with van der Waals surface area (Å²) in [6, 6.07) is 13.0. The molecule has 3 N–H and O–H groups in total. The molecule has 0 unspecified atom stereocenters. The molecule has 0 aliphatic heterocycles. The quantitative estimate of drug-likeness (QED) is 0.723. The van der Waals surface area contributed by atoms with Gasteiger partial charge in [0.2, 0.25) is 5.78 Å². The summed E-state index contributed by atoms with van der Waals surface area (Å²) < 4.78 is 15.4. The third kappa shape index (κ3) is 2.57. The minimum absolute atomic E-state index is 0.0494. The highest BCUT2D eigenvalue weighted by molar-refractivity contribution is 6.13. The second-order valence-electron chi connectivity index (χ2n) is 5.37. The Balaban J connectivity index is 2.25. The summed E-state index contributed by atoms with van der Waals surface area (Å²) in [6.07, 6.45) is 0. The predicted octanol–water partition coefficient (Wildman–Crippen LogP) is 2.35.